The molecule has 3 N–H and O–H groups in total. The van der Waals surface area contributed by atoms with E-state index in [2.05, 4.69) is 26.2 Å². The lowest BCUT2D eigenvalue weighted by atomic mass is 9.96. The van der Waals surface area contributed by atoms with Crippen LogP contribution in [0, 0.1) is 5.92 Å². The van der Waals surface area contributed by atoms with Gasteiger partial charge in [0.05, 0.1) is 6.10 Å². The molecule has 0 spiro atoms. The molecule has 0 rings (SSSR count). The second-order valence-electron chi connectivity index (χ2n) is 4.24. The summed E-state index contributed by atoms with van der Waals surface area (Å²) in [6, 6.07) is 0.433. The molecule has 0 saturated heterocycles. The SMILES string of the molecule is CCC(C)CC(CCC(C)OC)NN. The van der Waals surface area contributed by atoms with E-state index >= 15 is 0 Å². The van der Waals surface area contributed by atoms with E-state index in [1.54, 1.807) is 7.11 Å². The first-order valence-corrected chi connectivity index (χ1v) is 5.62. The zero-order valence-electron chi connectivity index (χ0n) is 10.0. The third-order valence-corrected chi connectivity index (χ3v) is 2.94. The van der Waals surface area contributed by atoms with Crippen molar-refractivity contribution in [3.05, 3.63) is 0 Å². The van der Waals surface area contributed by atoms with Crippen molar-refractivity contribution in [2.75, 3.05) is 7.11 Å². The molecule has 0 saturated carbocycles. The van der Waals surface area contributed by atoms with Crippen molar-refractivity contribution >= 4 is 0 Å². The van der Waals surface area contributed by atoms with Gasteiger partial charge in [-0.3, -0.25) is 11.3 Å². The minimum Gasteiger partial charge on any atom is -0.382 e. The highest BCUT2D eigenvalue weighted by atomic mass is 16.5. The van der Waals surface area contributed by atoms with Crippen LogP contribution < -0.4 is 11.3 Å². The highest BCUT2D eigenvalue weighted by Crippen LogP contribution is 2.14. The van der Waals surface area contributed by atoms with E-state index in [9.17, 15) is 0 Å². The lowest BCUT2D eigenvalue weighted by Gasteiger charge is -2.20. The van der Waals surface area contributed by atoms with Gasteiger partial charge in [-0.05, 0) is 32.1 Å². The number of rotatable bonds is 8. The zero-order chi connectivity index (χ0) is 11.0. The predicted octanol–water partition coefficient (Wildman–Crippen LogP) is 2.07. The van der Waals surface area contributed by atoms with Crippen molar-refractivity contribution in [2.45, 2.75) is 58.6 Å². The number of ether oxygens (including phenoxy) is 1. The average Bonchev–Trinajstić information content (AvgIpc) is 2.22. The number of methoxy groups -OCH3 is 1. The van der Waals surface area contributed by atoms with Crippen LogP contribution in [0.4, 0.5) is 0 Å². The van der Waals surface area contributed by atoms with Crippen LogP contribution in [-0.2, 0) is 4.74 Å². The summed E-state index contributed by atoms with van der Waals surface area (Å²) in [7, 11) is 1.75. The molecule has 0 aliphatic rings. The number of hydrogen-bond acceptors (Lipinski definition) is 3. The molecule has 0 radical (unpaired) electrons. The molecular formula is C11H26N2O. The Balaban J connectivity index is 3.68. The Labute approximate surface area is 88.4 Å². The molecule has 0 aromatic carbocycles. The summed E-state index contributed by atoms with van der Waals surface area (Å²) in [6.45, 7) is 6.58. The number of hydrazine groups is 1. The van der Waals surface area contributed by atoms with Crippen molar-refractivity contribution in [3.8, 4) is 0 Å². The van der Waals surface area contributed by atoms with Gasteiger partial charge in [-0.15, -0.1) is 0 Å². The predicted molar refractivity (Wildman–Crippen MR) is 60.9 cm³/mol. The second kappa shape index (κ2) is 8.21. The van der Waals surface area contributed by atoms with Gasteiger partial charge < -0.3 is 4.74 Å². The van der Waals surface area contributed by atoms with E-state index in [1.165, 1.54) is 6.42 Å². The molecule has 0 aliphatic carbocycles. The van der Waals surface area contributed by atoms with Gasteiger partial charge in [-0.2, -0.15) is 0 Å². The molecule has 3 unspecified atom stereocenters. The molecule has 0 aromatic rings. The summed E-state index contributed by atoms with van der Waals surface area (Å²) < 4.78 is 5.21. The minimum atomic E-state index is 0.336. The third-order valence-electron chi connectivity index (χ3n) is 2.94. The quantitative estimate of drug-likeness (QED) is 0.468. The van der Waals surface area contributed by atoms with E-state index in [4.69, 9.17) is 10.6 Å². The largest absolute Gasteiger partial charge is 0.382 e. The smallest absolute Gasteiger partial charge is 0.0543 e. The minimum absolute atomic E-state index is 0.336. The van der Waals surface area contributed by atoms with E-state index in [0.717, 1.165) is 25.2 Å². The van der Waals surface area contributed by atoms with Gasteiger partial charge in [-0.25, -0.2) is 0 Å². The molecule has 0 amide bonds. The standard InChI is InChI=1S/C11H26N2O/c1-5-9(2)8-11(13-12)7-6-10(3)14-4/h9-11,13H,5-8,12H2,1-4H3. The topological polar surface area (TPSA) is 47.3 Å². The fourth-order valence-corrected chi connectivity index (χ4v) is 1.48. The fourth-order valence-electron chi connectivity index (χ4n) is 1.48. The first kappa shape index (κ1) is 13.9. The Bertz CT molecular complexity index is 130. The fraction of sp³-hybridized carbons (Fsp3) is 1.00. The van der Waals surface area contributed by atoms with Gasteiger partial charge in [0.15, 0.2) is 0 Å². The van der Waals surface area contributed by atoms with Gasteiger partial charge in [0.2, 0.25) is 0 Å². The molecule has 86 valence electrons. The second-order valence-corrected chi connectivity index (χ2v) is 4.24. The highest BCUT2D eigenvalue weighted by Gasteiger charge is 2.11. The Morgan fingerprint density at radius 2 is 1.93 bits per heavy atom. The number of hydrogen-bond donors (Lipinski definition) is 2. The summed E-state index contributed by atoms with van der Waals surface area (Å²) >= 11 is 0. The van der Waals surface area contributed by atoms with Crippen LogP contribution in [-0.4, -0.2) is 19.3 Å². The summed E-state index contributed by atoms with van der Waals surface area (Å²) in [6.07, 6.45) is 4.88. The van der Waals surface area contributed by atoms with Crippen LogP contribution >= 0.6 is 0 Å². The molecule has 0 fully saturated rings. The van der Waals surface area contributed by atoms with Gasteiger partial charge in [0, 0.05) is 13.2 Å². The molecule has 0 bridgehead atoms. The molecule has 0 aliphatic heterocycles. The summed E-state index contributed by atoms with van der Waals surface area (Å²) in [5.74, 6) is 6.26. The van der Waals surface area contributed by atoms with Crippen molar-refractivity contribution in [1.29, 1.82) is 0 Å². The average molecular weight is 202 g/mol. The van der Waals surface area contributed by atoms with Crippen molar-refractivity contribution < 1.29 is 4.74 Å². The summed E-state index contributed by atoms with van der Waals surface area (Å²) in [5.41, 5.74) is 2.89. The first-order valence-electron chi connectivity index (χ1n) is 5.62. The van der Waals surface area contributed by atoms with Gasteiger partial charge in [0.25, 0.3) is 0 Å². The molecule has 0 heterocycles. The molecule has 3 nitrogen and oxygen atoms in total. The van der Waals surface area contributed by atoms with E-state index < -0.39 is 0 Å². The van der Waals surface area contributed by atoms with Crippen molar-refractivity contribution in [1.82, 2.24) is 5.43 Å². The summed E-state index contributed by atoms with van der Waals surface area (Å²) in [5, 5.41) is 0. The molecule has 3 atom stereocenters. The van der Waals surface area contributed by atoms with E-state index in [1.807, 2.05) is 0 Å². The normalized spacial score (nSPS) is 17.8. The third kappa shape index (κ3) is 6.35. The van der Waals surface area contributed by atoms with Crippen LogP contribution in [0.15, 0.2) is 0 Å². The maximum atomic E-state index is 5.51. The Morgan fingerprint density at radius 3 is 2.36 bits per heavy atom. The molecule has 14 heavy (non-hydrogen) atoms. The first-order chi connectivity index (χ1) is 6.63. The van der Waals surface area contributed by atoms with Crippen LogP contribution in [0.5, 0.6) is 0 Å². The van der Waals surface area contributed by atoms with Crippen LogP contribution in [0.3, 0.4) is 0 Å². The lowest BCUT2D eigenvalue weighted by Crippen LogP contribution is -2.36. The Hall–Kier alpha value is -0.120. The van der Waals surface area contributed by atoms with Crippen LogP contribution in [0.25, 0.3) is 0 Å². The van der Waals surface area contributed by atoms with E-state index in [-0.39, 0.29) is 0 Å². The molecule has 0 aromatic heterocycles. The maximum Gasteiger partial charge on any atom is 0.0543 e. The van der Waals surface area contributed by atoms with Gasteiger partial charge >= 0.3 is 0 Å². The Morgan fingerprint density at radius 1 is 1.29 bits per heavy atom. The highest BCUT2D eigenvalue weighted by molar-refractivity contribution is 4.68. The van der Waals surface area contributed by atoms with Crippen molar-refractivity contribution in [2.24, 2.45) is 11.8 Å². The Kier molecular flexibility index (Phi) is 8.14. The van der Waals surface area contributed by atoms with Gasteiger partial charge in [-0.1, -0.05) is 20.3 Å². The zero-order valence-corrected chi connectivity index (χ0v) is 10.0. The van der Waals surface area contributed by atoms with Gasteiger partial charge in [0.1, 0.15) is 0 Å². The number of nitrogens with one attached hydrogen (secondary N) is 1. The monoisotopic (exact) mass is 202 g/mol. The van der Waals surface area contributed by atoms with Crippen molar-refractivity contribution in [3.63, 3.8) is 0 Å². The van der Waals surface area contributed by atoms with Crippen LogP contribution in [0.2, 0.25) is 0 Å². The molecule has 3 heteroatoms. The molecular weight excluding hydrogens is 176 g/mol. The van der Waals surface area contributed by atoms with E-state index in [0.29, 0.717) is 12.1 Å². The number of nitrogens with two attached hydrogens (primary N) is 1. The van der Waals surface area contributed by atoms with Crippen LogP contribution in [0.1, 0.15) is 46.5 Å². The summed E-state index contributed by atoms with van der Waals surface area (Å²) in [4.78, 5) is 0. The maximum absolute atomic E-state index is 5.51. The lowest BCUT2D eigenvalue weighted by molar-refractivity contribution is 0.105.